The molecule has 0 radical (unpaired) electrons. The minimum atomic E-state index is -3.54. The molecule has 0 bridgehead atoms. The smallest absolute Gasteiger partial charge is 0.317 e. The summed E-state index contributed by atoms with van der Waals surface area (Å²) in [6.07, 6.45) is 0. The number of carbonyl (C=O) groups excluding carboxylic acids is 1. The summed E-state index contributed by atoms with van der Waals surface area (Å²) in [4.78, 5) is 14.4. The van der Waals surface area contributed by atoms with E-state index in [9.17, 15) is 13.2 Å². The van der Waals surface area contributed by atoms with E-state index in [2.05, 4.69) is 21.2 Å². The van der Waals surface area contributed by atoms with Crippen LogP contribution < -0.4 is 5.32 Å². The molecule has 0 unspecified atom stereocenters. The van der Waals surface area contributed by atoms with Crippen molar-refractivity contribution in [2.45, 2.75) is 25.3 Å². The molecule has 1 fully saturated rings. The molecule has 6 nitrogen and oxygen atoms in total. The summed E-state index contributed by atoms with van der Waals surface area (Å²) in [5.74, 6) is 0. The number of urea groups is 1. The van der Waals surface area contributed by atoms with Gasteiger partial charge in [-0.25, -0.2) is 13.2 Å². The summed E-state index contributed by atoms with van der Waals surface area (Å²) < 4.78 is 28.2. The zero-order valence-corrected chi connectivity index (χ0v) is 18.4. The number of nitrogens with one attached hydrogen (secondary N) is 1. The summed E-state index contributed by atoms with van der Waals surface area (Å²) in [5.41, 5.74) is 3.01. The maximum Gasteiger partial charge on any atom is 0.317 e. The number of aryl methyl sites for hydroxylation is 2. The second kappa shape index (κ2) is 8.63. The van der Waals surface area contributed by atoms with E-state index in [0.717, 1.165) is 21.2 Å². The molecule has 0 aromatic heterocycles. The van der Waals surface area contributed by atoms with E-state index < -0.39 is 10.0 Å². The van der Waals surface area contributed by atoms with Gasteiger partial charge in [0.15, 0.2) is 0 Å². The first-order chi connectivity index (χ1) is 13.3. The second-order valence-corrected chi connectivity index (χ2v) is 9.78. The predicted octanol–water partition coefficient (Wildman–Crippen LogP) is 3.28. The Hall–Kier alpha value is -1.90. The molecule has 150 valence electrons. The van der Waals surface area contributed by atoms with E-state index in [1.807, 2.05) is 44.2 Å². The fourth-order valence-electron chi connectivity index (χ4n) is 3.09. The van der Waals surface area contributed by atoms with Crippen LogP contribution in [0.4, 0.5) is 4.79 Å². The lowest BCUT2D eigenvalue weighted by molar-refractivity contribution is 0.172. The van der Waals surface area contributed by atoms with Crippen molar-refractivity contribution in [1.29, 1.82) is 0 Å². The Bertz CT molecular complexity index is 970. The number of hydrogen-bond donors (Lipinski definition) is 1. The van der Waals surface area contributed by atoms with Crippen molar-refractivity contribution in [3.8, 4) is 0 Å². The maximum atomic E-state index is 12.9. The summed E-state index contributed by atoms with van der Waals surface area (Å²) in [7, 11) is -3.54. The third-order valence-corrected chi connectivity index (χ3v) is 7.36. The number of carbonyl (C=O) groups is 1. The van der Waals surface area contributed by atoms with Crippen LogP contribution in [0.2, 0.25) is 0 Å². The number of amides is 2. The molecular formula is C20H24BrN3O3S. The molecule has 2 amide bonds. The van der Waals surface area contributed by atoms with Gasteiger partial charge in [0.25, 0.3) is 0 Å². The molecule has 1 heterocycles. The monoisotopic (exact) mass is 465 g/mol. The minimum absolute atomic E-state index is 0.178. The van der Waals surface area contributed by atoms with Gasteiger partial charge in [0.2, 0.25) is 10.0 Å². The van der Waals surface area contributed by atoms with Crippen LogP contribution in [0.5, 0.6) is 0 Å². The average molecular weight is 466 g/mol. The fraction of sp³-hybridized carbons (Fsp3) is 0.350. The van der Waals surface area contributed by atoms with Gasteiger partial charge in [0, 0.05) is 37.2 Å². The van der Waals surface area contributed by atoms with Crippen LogP contribution in [0, 0.1) is 13.8 Å². The zero-order chi connectivity index (χ0) is 20.3. The lowest BCUT2D eigenvalue weighted by Gasteiger charge is -2.34. The Balaban J connectivity index is 1.57. The van der Waals surface area contributed by atoms with E-state index in [4.69, 9.17) is 0 Å². The van der Waals surface area contributed by atoms with Crippen LogP contribution in [0.15, 0.2) is 51.8 Å². The Labute approximate surface area is 174 Å². The lowest BCUT2D eigenvalue weighted by Crippen LogP contribution is -2.52. The highest BCUT2D eigenvalue weighted by molar-refractivity contribution is 9.10. The molecule has 1 aliphatic rings. The molecule has 3 rings (SSSR count). The molecule has 2 aromatic carbocycles. The normalized spacial score (nSPS) is 15.5. The third-order valence-electron chi connectivity index (χ3n) is 4.97. The Morgan fingerprint density at radius 1 is 1.04 bits per heavy atom. The standard InChI is InChI=1S/C20H24BrN3O3S/c1-15-6-7-19(12-16(15)2)28(26,27)24-10-8-23(9-11-24)20(25)22-14-17-4-3-5-18(21)13-17/h3-7,12-13H,8-11,14H2,1-2H3,(H,22,25). The SMILES string of the molecule is Cc1ccc(S(=O)(=O)N2CCN(C(=O)NCc3cccc(Br)c3)CC2)cc1C. The highest BCUT2D eigenvalue weighted by Gasteiger charge is 2.30. The first-order valence-electron chi connectivity index (χ1n) is 9.12. The van der Waals surface area contributed by atoms with Crippen molar-refractivity contribution < 1.29 is 13.2 Å². The molecule has 1 aliphatic heterocycles. The number of halogens is 1. The van der Waals surface area contributed by atoms with Crippen molar-refractivity contribution in [2.24, 2.45) is 0 Å². The number of sulfonamides is 1. The predicted molar refractivity (Wildman–Crippen MR) is 113 cm³/mol. The van der Waals surface area contributed by atoms with Gasteiger partial charge in [-0.3, -0.25) is 0 Å². The number of piperazine rings is 1. The molecule has 2 aromatic rings. The van der Waals surface area contributed by atoms with Gasteiger partial charge < -0.3 is 10.2 Å². The van der Waals surface area contributed by atoms with E-state index in [1.165, 1.54) is 4.31 Å². The molecule has 1 N–H and O–H groups in total. The number of rotatable bonds is 4. The van der Waals surface area contributed by atoms with Crippen LogP contribution in [0.3, 0.4) is 0 Å². The van der Waals surface area contributed by atoms with Crippen LogP contribution in [-0.2, 0) is 16.6 Å². The minimum Gasteiger partial charge on any atom is -0.334 e. The number of benzene rings is 2. The van der Waals surface area contributed by atoms with Crippen LogP contribution in [0.25, 0.3) is 0 Å². The van der Waals surface area contributed by atoms with E-state index >= 15 is 0 Å². The molecule has 0 saturated carbocycles. The Morgan fingerprint density at radius 2 is 1.75 bits per heavy atom. The van der Waals surface area contributed by atoms with E-state index in [-0.39, 0.29) is 6.03 Å². The van der Waals surface area contributed by atoms with Crippen molar-refractivity contribution in [3.63, 3.8) is 0 Å². The second-order valence-electron chi connectivity index (χ2n) is 6.93. The third kappa shape index (κ3) is 4.74. The quantitative estimate of drug-likeness (QED) is 0.752. The van der Waals surface area contributed by atoms with Gasteiger partial charge >= 0.3 is 6.03 Å². The topological polar surface area (TPSA) is 69.7 Å². The van der Waals surface area contributed by atoms with Gasteiger partial charge in [-0.05, 0) is 54.8 Å². The molecule has 8 heteroatoms. The number of hydrogen-bond acceptors (Lipinski definition) is 3. The summed E-state index contributed by atoms with van der Waals surface area (Å²) in [6, 6.07) is 12.8. The largest absolute Gasteiger partial charge is 0.334 e. The molecular weight excluding hydrogens is 442 g/mol. The van der Waals surface area contributed by atoms with Crippen molar-refractivity contribution in [3.05, 3.63) is 63.6 Å². The first kappa shape index (κ1) is 20.8. The summed E-state index contributed by atoms with van der Waals surface area (Å²) in [6.45, 7) is 5.61. The summed E-state index contributed by atoms with van der Waals surface area (Å²) in [5, 5.41) is 2.89. The van der Waals surface area contributed by atoms with Crippen molar-refractivity contribution >= 4 is 32.0 Å². The van der Waals surface area contributed by atoms with Crippen molar-refractivity contribution in [1.82, 2.24) is 14.5 Å². The van der Waals surface area contributed by atoms with Crippen LogP contribution in [0.1, 0.15) is 16.7 Å². The highest BCUT2D eigenvalue weighted by Crippen LogP contribution is 2.20. The van der Waals surface area contributed by atoms with Gasteiger partial charge in [-0.2, -0.15) is 4.31 Å². The first-order valence-corrected chi connectivity index (χ1v) is 11.4. The van der Waals surface area contributed by atoms with Crippen LogP contribution in [-0.4, -0.2) is 49.8 Å². The Kier molecular flexibility index (Phi) is 6.42. The van der Waals surface area contributed by atoms with E-state index in [1.54, 1.807) is 17.0 Å². The fourth-order valence-corrected chi connectivity index (χ4v) is 5.05. The Morgan fingerprint density at radius 3 is 2.39 bits per heavy atom. The highest BCUT2D eigenvalue weighted by atomic mass is 79.9. The average Bonchev–Trinajstić information content (AvgIpc) is 2.68. The molecule has 1 saturated heterocycles. The van der Waals surface area contributed by atoms with E-state index in [0.29, 0.717) is 37.6 Å². The summed E-state index contributed by atoms with van der Waals surface area (Å²) >= 11 is 3.41. The maximum absolute atomic E-state index is 12.9. The zero-order valence-electron chi connectivity index (χ0n) is 16.0. The molecule has 0 aliphatic carbocycles. The lowest BCUT2D eigenvalue weighted by atomic mass is 10.1. The van der Waals surface area contributed by atoms with Crippen LogP contribution >= 0.6 is 15.9 Å². The molecule has 0 spiro atoms. The molecule has 28 heavy (non-hydrogen) atoms. The molecule has 0 atom stereocenters. The van der Waals surface area contributed by atoms with Gasteiger partial charge in [0.1, 0.15) is 0 Å². The number of nitrogens with zero attached hydrogens (tertiary/aromatic N) is 2. The van der Waals surface area contributed by atoms with Gasteiger partial charge in [0.05, 0.1) is 4.90 Å². The van der Waals surface area contributed by atoms with Gasteiger partial charge in [-0.15, -0.1) is 0 Å². The van der Waals surface area contributed by atoms with Crippen molar-refractivity contribution in [2.75, 3.05) is 26.2 Å². The van der Waals surface area contributed by atoms with Gasteiger partial charge in [-0.1, -0.05) is 34.1 Å².